The Morgan fingerprint density at radius 3 is 1.31 bits per heavy atom. The van der Waals surface area contributed by atoms with Gasteiger partial charge < -0.3 is 14.5 Å². The van der Waals surface area contributed by atoms with Crippen LogP contribution in [0.25, 0.3) is 56.2 Å². The summed E-state index contributed by atoms with van der Waals surface area (Å²) >= 11 is 0. The van der Waals surface area contributed by atoms with Crippen molar-refractivity contribution in [3.8, 4) is 67.7 Å². The Morgan fingerprint density at radius 2 is 0.846 bits per heavy atom. The van der Waals surface area contributed by atoms with Crippen LogP contribution in [0.2, 0.25) is 0 Å². The maximum Gasteiger partial charge on any atom is 0.138 e. The standard InChI is InChI=1S/C35H28N2O2/c1-38-31-20-16-26(17-21-31)24-8-12-28(13-9-24)33-34(37-35(36-33)30-6-4-3-5-7-30)29-14-10-25(11-15-29)27-18-22-32(39-2)23-19-27/h3-23H,1-2H3,(H,36,37). The number of hydrogen-bond acceptors (Lipinski definition) is 3. The fourth-order valence-electron chi connectivity index (χ4n) is 4.74. The minimum atomic E-state index is 0.846. The molecule has 0 fully saturated rings. The van der Waals surface area contributed by atoms with Crippen LogP contribution in [-0.4, -0.2) is 24.2 Å². The first-order valence-corrected chi connectivity index (χ1v) is 12.9. The summed E-state index contributed by atoms with van der Waals surface area (Å²) in [6.45, 7) is 0. The second-order valence-corrected chi connectivity index (χ2v) is 9.29. The molecule has 39 heavy (non-hydrogen) atoms. The Balaban J connectivity index is 1.37. The van der Waals surface area contributed by atoms with Gasteiger partial charge in [-0.25, -0.2) is 4.98 Å². The molecule has 0 saturated carbocycles. The number of imidazole rings is 1. The van der Waals surface area contributed by atoms with Crippen molar-refractivity contribution >= 4 is 0 Å². The minimum absolute atomic E-state index is 0.846. The summed E-state index contributed by atoms with van der Waals surface area (Å²) < 4.78 is 10.6. The third kappa shape index (κ3) is 5.05. The highest BCUT2D eigenvalue weighted by molar-refractivity contribution is 5.83. The third-order valence-electron chi connectivity index (χ3n) is 6.93. The predicted molar refractivity (Wildman–Crippen MR) is 159 cm³/mol. The SMILES string of the molecule is COc1ccc(-c2ccc(-c3nc(-c4ccccc4)[nH]c3-c3ccc(-c4ccc(OC)cc4)cc3)cc2)cc1. The van der Waals surface area contributed by atoms with Crippen LogP contribution in [-0.2, 0) is 0 Å². The molecule has 190 valence electrons. The maximum atomic E-state index is 5.30. The van der Waals surface area contributed by atoms with Crippen LogP contribution in [0.5, 0.6) is 11.5 Å². The Bertz CT molecular complexity index is 1560. The minimum Gasteiger partial charge on any atom is -0.497 e. The van der Waals surface area contributed by atoms with Crippen molar-refractivity contribution in [1.29, 1.82) is 0 Å². The number of hydrogen-bond donors (Lipinski definition) is 1. The van der Waals surface area contributed by atoms with Crippen molar-refractivity contribution in [2.24, 2.45) is 0 Å². The summed E-state index contributed by atoms with van der Waals surface area (Å²) in [6, 6.07) is 43.6. The first-order chi connectivity index (χ1) is 19.2. The highest BCUT2D eigenvalue weighted by Gasteiger charge is 2.16. The summed E-state index contributed by atoms with van der Waals surface area (Å²) in [5.41, 5.74) is 9.68. The average Bonchev–Trinajstić information content (AvgIpc) is 3.47. The van der Waals surface area contributed by atoms with E-state index in [1.165, 1.54) is 0 Å². The lowest BCUT2D eigenvalue weighted by atomic mass is 9.99. The van der Waals surface area contributed by atoms with Gasteiger partial charge in [0, 0.05) is 16.7 Å². The molecule has 0 spiro atoms. The highest BCUT2D eigenvalue weighted by Crippen LogP contribution is 2.35. The van der Waals surface area contributed by atoms with Gasteiger partial charge in [-0.1, -0.05) is 103 Å². The zero-order valence-electron chi connectivity index (χ0n) is 21.9. The quantitative estimate of drug-likeness (QED) is 0.234. The molecule has 0 aliphatic carbocycles. The Kier molecular flexibility index (Phi) is 6.67. The third-order valence-corrected chi connectivity index (χ3v) is 6.93. The van der Waals surface area contributed by atoms with Gasteiger partial charge in [-0.05, 0) is 46.5 Å². The fourth-order valence-corrected chi connectivity index (χ4v) is 4.74. The number of rotatable bonds is 7. The number of ether oxygens (including phenoxy) is 2. The molecule has 1 aromatic heterocycles. The summed E-state index contributed by atoms with van der Waals surface area (Å²) in [5.74, 6) is 2.55. The molecule has 4 nitrogen and oxygen atoms in total. The summed E-state index contributed by atoms with van der Waals surface area (Å²) in [5, 5.41) is 0. The van der Waals surface area contributed by atoms with Crippen LogP contribution >= 0.6 is 0 Å². The molecule has 0 bridgehead atoms. The number of methoxy groups -OCH3 is 2. The molecule has 6 rings (SSSR count). The lowest BCUT2D eigenvalue weighted by molar-refractivity contribution is 0.415. The van der Waals surface area contributed by atoms with Gasteiger partial charge in [-0.15, -0.1) is 0 Å². The van der Waals surface area contributed by atoms with E-state index >= 15 is 0 Å². The van der Waals surface area contributed by atoms with Gasteiger partial charge in [0.15, 0.2) is 0 Å². The summed E-state index contributed by atoms with van der Waals surface area (Å²) in [7, 11) is 3.36. The predicted octanol–water partition coefficient (Wildman–Crippen LogP) is 8.76. The zero-order chi connectivity index (χ0) is 26.6. The largest absolute Gasteiger partial charge is 0.497 e. The van der Waals surface area contributed by atoms with Crippen LogP contribution in [0, 0.1) is 0 Å². The van der Waals surface area contributed by atoms with E-state index in [-0.39, 0.29) is 0 Å². The van der Waals surface area contributed by atoms with E-state index in [2.05, 4.69) is 89.9 Å². The van der Waals surface area contributed by atoms with E-state index < -0.39 is 0 Å². The molecule has 0 atom stereocenters. The normalized spacial score (nSPS) is 10.8. The van der Waals surface area contributed by atoms with Gasteiger partial charge >= 0.3 is 0 Å². The van der Waals surface area contributed by atoms with Gasteiger partial charge in [-0.3, -0.25) is 0 Å². The molecule has 0 radical (unpaired) electrons. The Morgan fingerprint density at radius 1 is 0.436 bits per heavy atom. The molecule has 5 aromatic carbocycles. The molecular weight excluding hydrogens is 480 g/mol. The highest BCUT2D eigenvalue weighted by atomic mass is 16.5. The van der Waals surface area contributed by atoms with E-state index in [0.717, 1.165) is 67.7 Å². The van der Waals surface area contributed by atoms with E-state index in [9.17, 15) is 0 Å². The second-order valence-electron chi connectivity index (χ2n) is 9.29. The van der Waals surface area contributed by atoms with Gasteiger partial charge in [0.05, 0.1) is 25.6 Å². The van der Waals surface area contributed by atoms with Gasteiger partial charge in [0.1, 0.15) is 17.3 Å². The maximum absolute atomic E-state index is 5.30. The molecular formula is C35H28N2O2. The molecule has 0 aliphatic rings. The number of H-pyrrole nitrogens is 1. The molecule has 6 aromatic rings. The molecule has 1 heterocycles. The van der Waals surface area contributed by atoms with Crippen molar-refractivity contribution in [2.45, 2.75) is 0 Å². The second kappa shape index (κ2) is 10.7. The van der Waals surface area contributed by atoms with Crippen LogP contribution < -0.4 is 9.47 Å². The fraction of sp³-hybridized carbons (Fsp3) is 0.0571. The Labute approximate surface area is 228 Å². The lowest BCUT2D eigenvalue weighted by Crippen LogP contribution is -1.86. The summed E-state index contributed by atoms with van der Waals surface area (Å²) in [6.07, 6.45) is 0. The van der Waals surface area contributed by atoms with Crippen LogP contribution in [0.3, 0.4) is 0 Å². The van der Waals surface area contributed by atoms with Crippen molar-refractivity contribution in [3.63, 3.8) is 0 Å². The molecule has 0 unspecified atom stereocenters. The van der Waals surface area contributed by atoms with Gasteiger partial charge in [-0.2, -0.15) is 0 Å². The summed E-state index contributed by atoms with van der Waals surface area (Å²) in [4.78, 5) is 8.67. The van der Waals surface area contributed by atoms with Crippen molar-refractivity contribution in [2.75, 3.05) is 14.2 Å². The van der Waals surface area contributed by atoms with E-state index in [4.69, 9.17) is 14.5 Å². The zero-order valence-corrected chi connectivity index (χ0v) is 21.9. The molecule has 1 N–H and O–H groups in total. The van der Waals surface area contributed by atoms with Crippen LogP contribution in [0.4, 0.5) is 0 Å². The molecule has 0 saturated heterocycles. The van der Waals surface area contributed by atoms with E-state index in [0.29, 0.717) is 0 Å². The van der Waals surface area contributed by atoms with Gasteiger partial charge in [0.25, 0.3) is 0 Å². The van der Waals surface area contributed by atoms with Crippen LogP contribution in [0.15, 0.2) is 127 Å². The first-order valence-electron chi connectivity index (χ1n) is 12.9. The smallest absolute Gasteiger partial charge is 0.138 e. The van der Waals surface area contributed by atoms with E-state index in [1.807, 2.05) is 42.5 Å². The first kappa shape index (κ1) is 24.3. The monoisotopic (exact) mass is 508 g/mol. The average molecular weight is 509 g/mol. The lowest BCUT2D eigenvalue weighted by Gasteiger charge is -2.08. The van der Waals surface area contributed by atoms with Crippen LogP contribution in [0.1, 0.15) is 0 Å². The Hall–Kier alpha value is -5.09. The number of aromatic amines is 1. The topological polar surface area (TPSA) is 47.1 Å². The molecule has 4 heteroatoms. The number of benzene rings is 5. The van der Waals surface area contributed by atoms with Crippen molar-refractivity contribution in [1.82, 2.24) is 9.97 Å². The van der Waals surface area contributed by atoms with Crippen molar-refractivity contribution < 1.29 is 9.47 Å². The van der Waals surface area contributed by atoms with E-state index in [1.54, 1.807) is 14.2 Å². The van der Waals surface area contributed by atoms with Gasteiger partial charge in [0.2, 0.25) is 0 Å². The number of aromatic nitrogens is 2. The number of nitrogens with one attached hydrogen (secondary N) is 1. The number of nitrogens with zero attached hydrogens (tertiary/aromatic N) is 1. The molecule has 0 amide bonds. The molecule has 0 aliphatic heterocycles. The van der Waals surface area contributed by atoms with Crippen molar-refractivity contribution in [3.05, 3.63) is 127 Å².